The summed E-state index contributed by atoms with van der Waals surface area (Å²) in [6.45, 7) is 7.85. The summed E-state index contributed by atoms with van der Waals surface area (Å²) in [5.74, 6) is 0.996. The Hall–Kier alpha value is -1.75. The predicted molar refractivity (Wildman–Crippen MR) is 120 cm³/mol. The average molecular weight is 451 g/mol. The summed E-state index contributed by atoms with van der Waals surface area (Å²) in [4.78, 5) is 41.6. The van der Waals surface area contributed by atoms with Crippen molar-refractivity contribution in [1.82, 2.24) is 15.0 Å². The number of anilines is 1. The molecule has 1 amide bonds. The van der Waals surface area contributed by atoms with E-state index in [4.69, 9.17) is 0 Å². The van der Waals surface area contributed by atoms with E-state index in [9.17, 15) is 9.59 Å². The molecule has 10 heteroatoms. The van der Waals surface area contributed by atoms with Crippen LogP contribution < -0.4 is 15.8 Å². The van der Waals surface area contributed by atoms with Crippen LogP contribution in [0.25, 0.3) is 10.2 Å². The molecule has 0 aliphatic carbocycles. The molecule has 1 aliphatic rings. The number of amides is 1. The number of aromatic nitrogens is 3. The third-order valence-corrected chi connectivity index (χ3v) is 8.46. The molecule has 1 unspecified atom stereocenters. The normalized spacial score (nSPS) is 17.3. The van der Waals surface area contributed by atoms with Crippen LogP contribution in [0.1, 0.15) is 33.8 Å². The lowest BCUT2D eigenvalue weighted by Gasteiger charge is -2.17. The molecule has 3 aromatic rings. The number of rotatable bonds is 5. The maximum absolute atomic E-state index is 12.6. The van der Waals surface area contributed by atoms with Crippen LogP contribution in [-0.4, -0.2) is 39.7 Å². The number of hydrogen-bond donors (Lipinski definition) is 3. The van der Waals surface area contributed by atoms with Crippen LogP contribution in [0.4, 0.5) is 5.13 Å². The lowest BCUT2D eigenvalue weighted by Crippen LogP contribution is -3.08. The Labute approximate surface area is 181 Å². The van der Waals surface area contributed by atoms with E-state index in [1.807, 2.05) is 20.8 Å². The zero-order valence-electron chi connectivity index (χ0n) is 16.8. The fourth-order valence-corrected chi connectivity index (χ4v) is 6.25. The van der Waals surface area contributed by atoms with Crippen LogP contribution in [0.15, 0.2) is 4.79 Å². The summed E-state index contributed by atoms with van der Waals surface area (Å²) in [5.41, 5.74) is 2.00. The number of nitrogens with zero attached hydrogens (tertiary/aromatic N) is 2. The number of quaternary nitrogens is 1. The second-order valence-corrected chi connectivity index (χ2v) is 11.1. The van der Waals surface area contributed by atoms with E-state index >= 15 is 0 Å². The van der Waals surface area contributed by atoms with Gasteiger partial charge in [0.05, 0.1) is 40.6 Å². The monoisotopic (exact) mass is 450 g/mol. The highest BCUT2D eigenvalue weighted by atomic mass is 32.2. The number of hydrogen-bond acceptors (Lipinski definition) is 7. The van der Waals surface area contributed by atoms with Gasteiger partial charge in [-0.2, -0.15) is 0 Å². The van der Waals surface area contributed by atoms with E-state index in [0.29, 0.717) is 22.1 Å². The maximum Gasteiger partial charge on any atom is 0.259 e. The highest BCUT2D eigenvalue weighted by molar-refractivity contribution is 7.99. The molecule has 0 fully saturated rings. The van der Waals surface area contributed by atoms with Gasteiger partial charge in [-0.25, -0.2) is 9.97 Å². The molecule has 3 N–H and O–H groups in total. The van der Waals surface area contributed by atoms with Crippen LogP contribution in [0, 0.1) is 13.8 Å². The van der Waals surface area contributed by atoms with Gasteiger partial charge in [-0.05, 0) is 26.3 Å². The van der Waals surface area contributed by atoms with Crippen molar-refractivity contribution in [1.29, 1.82) is 0 Å². The highest BCUT2D eigenvalue weighted by Crippen LogP contribution is 2.27. The number of fused-ring (bicyclic) bond motifs is 2. The van der Waals surface area contributed by atoms with Crippen LogP contribution in [0.2, 0.25) is 0 Å². The molecule has 154 valence electrons. The third kappa shape index (κ3) is 4.25. The molecule has 29 heavy (non-hydrogen) atoms. The molecule has 0 aromatic carbocycles. The standard InChI is InChI=1S/C19H23N5O2S3/c1-9-10(2)28-18-15(9)17(26)21-14(22-18)8-27-11(3)16(25)23-19-20-12-5-6-24(4)7-13(12)29-19/h11H,5-8H2,1-4H3,(H,20,23,25)(H,21,22,26)/p+1/t11-/m1/s1. The van der Waals surface area contributed by atoms with E-state index in [1.165, 1.54) is 32.9 Å². The van der Waals surface area contributed by atoms with E-state index in [1.54, 1.807) is 11.3 Å². The molecule has 2 atom stereocenters. The molecule has 0 saturated heterocycles. The Kier molecular flexibility index (Phi) is 5.78. The number of nitrogens with one attached hydrogen (secondary N) is 3. The second kappa shape index (κ2) is 8.17. The van der Waals surface area contributed by atoms with Gasteiger partial charge in [-0.15, -0.1) is 23.1 Å². The van der Waals surface area contributed by atoms with Crippen molar-refractivity contribution in [3.05, 3.63) is 37.2 Å². The van der Waals surface area contributed by atoms with Gasteiger partial charge in [0.25, 0.3) is 5.56 Å². The lowest BCUT2D eigenvalue weighted by atomic mass is 10.2. The minimum atomic E-state index is -0.281. The summed E-state index contributed by atoms with van der Waals surface area (Å²) in [7, 11) is 2.17. The topological polar surface area (TPSA) is 92.2 Å². The summed E-state index contributed by atoms with van der Waals surface area (Å²) in [5, 5.41) is 4.02. The Balaban J connectivity index is 1.39. The van der Waals surface area contributed by atoms with Crippen LogP contribution in [-0.2, 0) is 23.5 Å². The average Bonchev–Trinajstić information content (AvgIpc) is 3.19. The van der Waals surface area contributed by atoms with Gasteiger partial charge in [0.2, 0.25) is 5.91 Å². The number of carbonyl (C=O) groups is 1. The van der Waals surface area contributed by atoms with Crippen LogP contribution in [0.3, 0.4) is 0 Å². The Morgan fingerprint density at radius 1 is 1.34 bits per heavy atom. The van der Waals surface area contributed by atoms with Crippen LogP contribution >= 0.6 is 34.4 Å². The number of H-pyrrole nitrogens is 1. The van der Waals surface area contributed by atoms with Crippen molar-refractivity contribution in [3.63, 3.8) is 0 Å². The van der Waals surface area contributed by atoms with Crippen molar-refractivity contribution in [2.45, 2.75) is 44.7 Å². The summed E-state index contributed by atoms with van der Waals surface area (Å²) < 4.78 is 0. The Morgan fingerprint density at radius 3 is 2.93 bits per heavy atom. The second-order valence-electron chi connectivity index (χ2n) is 7.44. The molecule has 4 rings (SSSR count). The number of aryl methyl sites for hydroxylation is 2. The maximum atomic E-state index is 12.6. The largest absolute Gasteiger partial charge is 0.333 e. The zero-order valence-corrected chi connectivity index (χ0v) is 19.3. The highest BCUT2D eigenvalue weighted by Gasteiger charge is 2.23. The summed E-state index contributed by atoms with van der Waals surface area (Å²) in [6, 6.07) is 0. The third-order valence-electron chi connectivity index (χ3n) is 5.19. The van der Waals surface area contributed by atoms with E-state index < -0.39 is 0 Å². The van der Waals surface area contributed by atoms with Gasteiger partial charge in [0.1, 0.15) is 17.2 Å². The number of aromatic amines is 1. The fourth-order valence-electron chi connectivity index (χ4n) is 3.32. The van der Waals surface area contributed by atoms with Gasteiger partial charge in [0.15, 0.2) is 5.13 Å². The molecule has 4 heterocycles. The van der Waals surface area contributed by atoms with E-state index in [0.717, 1.165) is 40.5 Å². The first kappa shape index (κ1) is 20.5. The van der Waals surface area contributed by atoms with E-state index in [2.05, 4.69) is 27.3 Å². The molecular weight excluding hydrogens is 426 g/mol. The fraction of sp³-hybridized carbons (Fsp3) is 0.474. The van der Waals surface area contributed by atoms with Crippen molar-refractivity contribution in [3.8, 4) is 0 Å². The van der Waals surface area contributed by atoms with Crippen molar-refractivity contribution in [2.24, 2.45) is 0 Å². The smallest absolute Gasteiger partial charge is 0.259 e. The number of thiazole rings is 1. The Bertz CT molecular complexity index is 1130. The van der Waals surface area contributed by atoms with Gasteiger partial charge in [-0.3, -0.25) is 9.59 Å². The molecule has 3 aromatic heterocycles. The zero-order chi connectivity index (χ0) is 20.7. The van der Waals surface area contributed by atoms with Gasteiger partial charge in [0, 0.05) is 11.3 Å². The number of thioether (sulfide) groups is 1. The molecule has 0 bridgehead atoms. The predicted octanol–water partition coefficient (Wildman–Crippen LogP) is 1.89. The van der Waals surface area contributed by atoms with Crippen LogP contribution in [0.5, 0.6) is 0 Å². The van der Waals surface area contributed by atoms with Gasteiger partial charge in [-0.1, -0.05) is 11.3 Å². The quantitative estimate of drug-likeness (QED) is 0.552. The minimum Gasteiger partial charge on any atom is -0.333 e. The van der Waals surface area contributed by atoms with Gasteiger partial charge < -0.3 is 15.2 Å². The molecule has 0 saturated carbocycles. The number of likely N-dealkylation sites (N-methyl/N-ethyl adjacent to an activating group) is 1. The first-order valence-electron chi connectivity index (χ1n) is 9.53. The van der Waals surface area contributed by atoms with Gasteiger partial charge >= 0.3 is 0 Å². The molecular formula is C19H24N5O2S3+. The minimum absolute atomic E-state index is 0.0759. The molecule has 0 spiro atoms. The molecule has 7 nitrogen and oxygen atoms in total. The molecule has 0 radical (unpaired) electrons. The number of thiophene rings is 1. The molecule has 1 aliphatic heterocycles. The number of carbonyl (C=O) groups excluding carboxylic acids is 1. The Morgan fingerprint density at radius 2 is 2.14 bits per heavy atom. The first-order chi connectivity index (χ1) is 13.8. The van der Waals surface area contributed by atoms with Crippen molar-refractivity contribution < 1.29 is 9.69 Å². The van der Waals surface area contributed by atoms with Crippen molar-refractivity contribution >= 4 is 55.7 Å². The van der Waals surface area contributed by atoms with Crippen molar-refractivity contribution in [2.75, 3.05) is 18.9 Å². The van der Waals surface area contributed by atoms with E-state index in [-0.39, 0.29) is 16.7 Å². The lowest BCUT2D eigenvalue weighted by molar-refractivity contribution is -0.895. The SMILES string of the molecule is Cc1sc2nc(CS[C@H](C)C(=O)Nc3nc4c(s3)C[NH+](C)CC4)[nH]c(=O)c2c1C. The summed E-state index contributed by atoms with van der Waals surface area (Å²) in [6.07, 6.45) is 0.959. The summed E-state index contributed by atoms with van der Waals surface area (Å²) >= 11 is 4.56. The first-order valence-corrected chi connectivity index (χ1v) is 12.2.